The van der Waals surface area contributed by atoms with Gasteiger partial charge in [-0.25, -0.2) is 4.39 Å². The van der Waals surface area contributed by atoms with Crippen molar-refractivity contribution in [3.63, 3.8) is 0 Å². The van der Waals surface area contributed by atoms with E-state index in [1.165, 1.54) is 12.1 Å². The van der Waals surface area contributed by atoms with Gasteiger partial charge in [0.25, 0.3) is 0 Å². The second-order valence-corrected chi connectivity index (χ2v) is 5.95. The summed E-state index contributed by atoms with van der Waals surface area (Å²) in [5, 5.41) is 8.83. The Labute approximate surface area is 139 Å². The van der Waals surface area contributed by atoms with E-state index in [1.807, 2.05) is 0 Å². The number of benzene rings is 2. The Kier molecular flexibility index (Phi) is 5.11. The first-order valence-electron chi connectivity index (χ1n) is 7.93. The van der Waals surface area contributed by atoms with E-state index in [-0.39, 0.29) is 12.2 Å². The highest BCUT2D eigenvalue weighted by Crippen LogP contribution is 2.32. The van der Waals surface area contributed by atoms with Crippen LogP contribution < -0.4 is 4.74 Å². The fraction of sp³-hybridized carbons (Fsp3) is 0.316. The maximum atomic E-state index is 13.7. The second kappa shape index (κ2) is 7.45. The maximum Gasteiger partial charge on any atom is 0.307 e. The van der Waals surface area contributed by atoms with Crippen LogP contribution in [0.3, 0.4) is 0 Å². The molecule has 1 aliphatic rings. The van der Waals surface area contributed by atoms with Gasteiger partial charge in [-0.05, 0) is 35.7 Å². The van der Waals surface area contributed by atoms with Gasteiger partial charge in [0.1, 0.15) is 11.6 Å². The molecule has 126 valence electrons. The molecule has 0 amide bonds. The van der Waals surface area contributed by atoms with Crippen LogP contribution in [-0.4, -0.2) is 30.9 Å². The SMILES string of the molecule is O=C(O)Cc1ccc(-c2cc(F)ccc2OCC2CCOC2)cc1. The number of carboxylic acid groups (broad SMARTS) is 1. The Hall–Kier alpha value is -2.40. The standard InChI is InChI=1S/C19H19FO4/c20-16-5-6-18(24-12-14-7-8-23-11-14)17(10-16)15-3-1-13(2-4-15)9-19(21)22/h1-6,10,14H,7-9,11-12H2,(H,21,22). The summed E-state index contributed by atoms with van der Waals surface area (Å²) in [6, 6.07) is 11.5. The van der Waals surface area contributed by atoms with Gasteiger partial charge in [-0.1, -0.05) is 24.3 Å². The van der Waals surface area contributed by atoms with E-state index in [2.05, 4.69) is 0 Å². The van der Waals surface area contributed by atoms with E-state index in [1.54, 1.807) is 30.3 Å². The summed E-state index contributed by atoms with van der Waals surface area (Å²) in [5.74, 6) is -0.234. The van der Waals surface area contributed by atoms with Gasteiger partial charge < -0.3 is 14.6 Å². The number of rotatable bonds is 6. The van der Waals surface area contributed by atoms with E-state index in [0.717, 1.165) is 18.6 Å². The lowest BCUT2D eigenvalue weighted by Gasteiger charge is -2.14. The minimum absolute atomic E-state index is 0.0333. The number of hydrogen-bond acceptors (Lipinski definition) is 3. The molecule has 4 nitrogen and oxygen atoms in total. The first kappa shape index (κ1) is 16.5. The van der Waals surface area contributed by atoms with E-state index in [4.69, 9.17) is 14.6 Å². The average Bonchev–Trinajstić information content (AvgIpc) is 3.07. The Bertz CT molecular complexity index is 706. The second-order valence-electron chi connectivity index (χ2n) is 5.95. The largest absolute Gasteiger partial charge is 0.493 e. The molecule has 0 spiro atoms. The number of ether oxygens (including phenoxy) is 2. The van der Waals surface area contributed by atoms with Crippen LogP contribution in [0, 0.1) is 11.7 Å². The number of halogens is 1. The van der Waals surface area contributed by atoms with Gasteiger partial charge in [0, 0.05) is 18.1 Å². The van der Waals surface area contributed by atoms with Gasteiger partial charge in [-0.2, -0.15) is 0 Å². The molecule has 1 unspecified atom stereocenters. The molecule has 5 heteroatoms. The normalized spacial score (nSPS) is 17.0. The average molecular weight is 330 g/mol. The van der Waals surface area contributed by atoms with E-state index < -0.39 is 5.97 Å². The molecule has 3 rings (SSSR count). The molecule has 0 bridgehead atoms. The van der Waals surface area contributed by atoms with Crippen molar-refractivity contribution in [2.24, 2.45) is 5.92 Å². The first-order chi connectivity index (χ1) is 11.6. The zero-order valence-corrected chi connectivity index (χ0v) is 13.2. The van der Waals surface area contributed by atoms with Gasteiger partial charge in [0.05, 0.1) is 19.6 Å². The summed E-state index contributed by atoms with van der Waals surface area (Å²) in [6.45, 7) is 1.99. The number of hydrogen-bond donors (Lipinski definition) is 1. The summed E-state index contributed by atoms with van der Waals surface area (Å²) < 4.78 is 24.9. The van der Waals surface area contributed by atoms with Gasteiger partial charge in [-0.15, -0.1) is 0 Å². The summed E-state index contributed by atoms with van der Waals surface area (Å²) >= 11 is 0. The molecule has 1 N–H and O–H groups in total. The molecule has 1 aliphatic heterocycles. The first-order valence-corrected chi connectivity index (χ1v) is 7.93. The summed E-state index contributed by atoms with van der Waals surface area (Å²) in [4.78, 5) is 10.8. The van der Waals surface area contributed by atoms with Crippen molar-refractivity contribution >= 4 is 5.97 Å². The van der Waals surface area contributed by atoms with Crippen molar-refractivity contribution in [1.82, 2.24) is 0 Å². The highest BCUT2D eigenvalue weighted by Gasteiger charge is 2.17. The lowest BCUT2D eigenvalue weighted by Crippen LogP contribution is -2.12. The zero-order valence-electron chi connectivity index (χ0n) is 13.2. The molecule has 0 saturated carbocycles. The number of carbonyl (C=O) groups is 1. The summed E-state index contributed by atoms with van der Waals surface area (Å²) in [5.41, 5.74) is 2.16. The molecular formula is C19H19FO4. The van der Waals surface area contributed by atoms with Crippen molar-refractivity contribution in [3.05, 3.63) is 53.8 Å². The molecule has 1 fully saturated rings. The van der Waals surface area contributed by atoms with Crippen LogP contribution in [0.5, 0.6) is 5.75 Å². The lowest BCUT2D eigenvalue weighted by atomic mass is 10.0. The Morgan fingerprint density at radius 1 is 1.25 bits per heavy atom. The van der Waals surface area contributed by atoms with Crippen LogP contribution in [-0.2, 0) is 16.0 Å². The van der Waals surface area contributed by atoms with E-state index in [9.17, 15) is 9.18 Å². The van der Waals surface area contributed by atoms with Crippen molar-refractivity contribution in [2.45, 2.75) is 12.8 Å². The smallest absolute Gasteiger partial charge is 0.307 e. The predicted octanol–water partition coefficient (Wildman–Crippen LogP) is 3.54. The van der Waals surface area contributed by atoms with Crippen LogP contribution >= 0.6 is 0 Å². The van der Waals surface area contributed by atoms with Gasteiger partial charge in [-0.3, -0.25) is 4.79 Å². The van der Waals surface area contributed by atoms with Crippen molar-refractivity contribution in [3.8, 4) is 16.9 Å². The molecule has 1 atom stereocenters. The Morgan fingerprint density at radius 3 is 2.71 bits per heavy atom. The maximum absolute atomic E-state index is 13.7. The van der Waals surface area contributed by atoms with Crippen molar-refractivity contribution < 1.29 is 23.8 Å². The van der Waals surface area contributed by atoms with Gasteiger partial charge in [0.15, 0.2) is 0 Å². The summed E-state index contributed by atoms with van der Waals surface area (Å²) in [6.07, 6.45) is 0.939. The third-order valence-electron chi connectivity index (χ3n) is 4.06. The van der Waals surface area contributed by atoms with Crippen LogP contribution in [0.1, 0.15) is 12.0 Å². The van der Waals surface area contributed by atoms with Gasteiger partial charge >= 0.3 is 5.97 Å². The predicted molar refractivity (Wildman–Crippen MR) is 87.6 cm³/mol. The molecular weight excluding hydrogens is 311 g/mol. The molecule has 1 heterocycles. The van der Waals surface area contributed by atoms with Crippen LogP contribution in [0.4, 0.5) is 4.39 Å². The third kappa shape index (κ3) is 4.11. The Balaban J connectivity index is 1.80. The quantitative estimate of drug-likeness (QED) is 0.880. The minimum Gasteiger partial charge on any atom is -0.493 e. The van der Waals surface area contributed by atoms with Gasteiger partial charge in [0.2, 0.25) is 0 Å². The molecule has 2 aromatic carbocycles. The molecule has 24 heavy (non-hydrogen) atoms. The molecule has 1 saturated heterocycles. The van der Waals surface area contributed by atoms with E-state index in [0.29, 0.717) is 36.0 Å². The zero-order chi connectivity index (χ0) is 16.9. The van der Waals surface area contributed by atoms with E-state index >= 15 is 0 Å². The highest BCUT2D eigenvalue weighted by molar-refractivity contribution is 5.73. The lowest BCUT2D eigenvalue weighted by molar-refractivity contribution is -0.136. The van der Waals surface area contributed by atoms with Crippen molar-refractivity contribution in [1.29, 1.82) is 0 Å². The number of carboxylic acids is 1. The fourth-order valence-corrected chi connectivity index (χ4v) is 2.75. The third-order valence-corrected chi connectivity index (χ3v) is 4.06. The molecule has 0 radical (unpaired) electrons. The monoisotopic (exact) mass is 330 g/mol. The van der Waals surface area contributed by atoms with Crippen LogP contribution in [0.25, 0.3) is 11.1 Å². The molecule has 2 aromatic rings. The number of aliphatic carboxylic acids is 1. The van der Waals surface area contributed by atoms with Crippen LogP contribution in [0.15, 0.2) is 42.5 Å². The minimum atomic E-state index is -0.878. The topological polar surface area (TPSA) is 55.8 Å². The fourth-order valence-electron chi connectivity index (χ4n) is 2.75. The highest BCUT2D eigenvalue weighted by atomic mass is 19.1. The molecule has 0 aromatic heterocycles. The van der Waals surface area contributed by atoms with Crippen LogP contribution in [0.2, 0.25) is 0 Å². The molecule has 0 aliphatic carbocycles. The summed E-state index contributed by atoms with van der Waals surface area (Å²) in [7, 11) is 0. The Morgan fingerprint density at radius 2 is 2.04 bits per heavy atom. The van der Waals surface area contributed by atoms with Crippen molar-refractivity contribution in [2.75, 3.05) is 19.8 Å².